The van der Waals surface area contributed by atoms with Crippen molar-refractivity contribution in [2.45, 2.75) is 78.8 Å². The summed E-state index contributed by atoms with van der Waals surface area (Å²) >= 11 is 0. The van der Waals surface area contributed by atoms with Crippen LogP contribution in [0.5, 0.6) is 0 Å². The molecule has 0 aromatic heterocycles. The molecule has 2 heteroatoms. The molecule has 0 bridgehead atoms. The molecule has 5 unspecified atom stereocenters. The number of likely N-dealkylation sites (tertiary alicyclic amines) is 1. The Bertz CT molecular complexity index is 313. The second kappa shape index (κ2) is 6.36. The molecule has 2 N–H and O–H groups in total. The molecule has 0 amide bonds. The van der Waals surface area contributed by atoms with Gasteiger partial charge in [-0.2, -0.15) is 0 Å². The largest absolute Gasteiger partial charge is 0.326 e. The number of piperidine rings is 1. The summed E-state index contributed by atoms with van der Waals surface area (Å²) in [5, 5.41) is 0. The Morgan fingerprint density at radius 1 is 1.10 bits per heavy atom. The number of hydrogen-bond acceptors (Lipinski definition) is 2. The van der Waals surface area contributed by atoms with Crippen LogP contribution in [0.3, 0.4) is 0 Å². The molecule has 0 aromatic carbocycles. The molecule has 1 aliphatic heterocycles. The van der Waals surface area contributed by atoms with E-state index in [0.717, 1.165) is 17.8 Å². The van der Waals surface area contributed by atoms with Crippen molar-refractivity contribution in [2.24, 2.45) is 28.9 Å². The van der Waals surface area contributed by atoms with Gasteiger partial charge in [-0.25, -0.2) is 0 Å². The van der Waals surface area contributed by atoms with E-state index in [0.29, 0.717) is 17.5 Å². The van der Waals surface area contributed by atoms with Gasteiger partial charge in [0.1, 0.15) is 0 Å². The van der Waals surface area contributed by atoms with E-state index in [1.807, 2.05) is 0 Å². The topological polar surface area (TPSA) is 29.3 Å². The Balaban J connectivity index is 2.02. The summed E-state index contributed by atoms with van der Waals surface area (Å²) < 4.78 is 0. The van der Waals surface area contributed by atoms with Crippen LogP contribution in [0.1, 0.15) is 66.7 Å². The van der Waals surface area contributed by atoms with Crippen molar-refractivity contribution in [1.82, 2.24) is 4.90 Å². The molecule has 118 valence electrons. The highest BCUT2D eigenvalue weighted by Gasteiger charge is 2.39. The van der Waals surface area contributed by atoms with Gasteiger partial charge in [-0.15, -0.1) is 0 Å². The van der Waals surface area contributed by atoms with E-state index in [1.165, 1.54) is 45.2 Å². The minimum absolute atomic E-state index is 0.402. The molecule has 0 radical (unpaired) electrons. The molecule has 1 saturated carbocycles. The molecule has 1 heterocycles. The zero-order chi connectivity index (χ0) is 14.9. The highest BCUT2D eigenvalue weighted by atomic mass is 15.2. The first-order valence-electron chi connectivity index (χ1n) is 8.84. The van der Waals surface area contributed by atoms with E-state index >= 15 is 0 Å². The molecule has 20 heavy (non-hydrogen) atoms. The van der Waals surface area contributed by atoms with Crippen LogP contribution in [0.25, 0.3) is 0 Å². The van der Waals surface area contributed by atoms with Gasteiger partial charge >= 0.3 is 0 Å². The first kappa shape index (κ1) is 16.3. The van der Waals surface area contributed by atoms with Crippen molar-refractivity contribution in [3.05, 3.63) is 0 Å². The fourth-order valence-electron chi connectivity index (χ4n) is 4.18. The molecular formula is C18H36N2. The third-order valence-electron chi connectivity index (χ3n) is 6.72. The average molecular weight is 280 g/mol. The van der Waals surface area contributed by atoms with Crippen LogP contribution >= 0.6 is 0 Å². The third kappa shape index (κ3) is 3.39. The predicted molar refractivity (Wildman–Crippen MR) is 87.7 cm³/mol. The van der Waals surface area contributed by atoms with Crippen LogP contribution in [0, 0.1) is 23.2 Å². The Morgan fingerprint density at radius 2 is 1.80 bits per heavy atom. The van der Waals surface area contributed by atoms with E-state index in [-0.39, 0.29) is 0 Å². The minimum atomic E-state index is 0.402. The van der Waals surface area contributed by atoms with E-state index in [1.54, 1.807) is 0 Å². The Labute approximate surface area is 126 Å². The summed E-state index contributed by atoms with van der Waals surface area (Å²) in [4.78, 5) is 2.73. The first-order valence-corrected chi connectivity index (χ1v) is 8.84. The quantitative estimate of drug-likeness (QED) is 0.849. The zero-order valence-electron chi connectivity index (χ0n) is 14.4. The lowest BCUT2D eigenvalue weighted by Gasteiger charge is -2.48. The summed E-state index contributed by atoms with van der Waals surface area (Å²) in [6.07, 6.45) is 6.51. The Hall–Kier alpha value is -0.0800. The minimum Gasteiger partial charge on any atom is -0.326 e. The Morgan fingerprint density at radius 3 is 2.40 bits per heavy atom. The lowest BCUT2D eigenvalue weighted by atomic mass is 9.67. The summed E-state index contributed by atoms with van der Waals surface area (Å²) in [6, 6.07) is 1.04. The molecular weight excluding hydrogens is 244 g/mol. The molecule has 2 nitrogen and oxygen atoms in total. The molecule has 0 aromatic rings. The van der Waals surface area contributed by atoms with E-state index in [9.17, 15) is 0 Å². The number of rotatable bonds is 3. The SMILES string of the molecule is CCC(C)(C)C1CCC(N)C(N2CCC(C)C(C)C2)C1. The van der Waals surface area contributed by atoms with Gasteiger partial charge < -0.3 is 5.73 Å². The van der Waals surface area contributed by atoms with Crippen LogP contribution in [0.15, 0.2) is 0 Å². The van der Waals surface area contributed by atoms with Gasteiger partial charge in [-0.1, -0.05) is 41.0 Å². The van der Waals surface area contributed by atoms with Gasteiger partial charge in [0.15, 0.2) is 0 Å². The molecule has 1 saturated heterocycles. The lowest BCUT2D eigenvalue weighted by Crippen LogP contribution is -2.55. The van der Waals surface area contributed by atoms with Crippen LogP contribution in [-0.2, 0) is 0 Å². The summed E-state index contributed by atoms with van der Waals surface area (Å²) in [6.45, 7) is 14.6. The molecule has 1 aliphatic carbocycles. The zero-order valence-corrected chi connectivity index (χ0v) is 14.4. The summed E-state index contributed by atoms with van der Waals surface area (Å²) in [7, 11) is 0. The van der Waals surface area contributed by atoms with Crippen molar-refractivity contribution < 1.29 is 0 Å². The van der Waals surface area contributed by atoms with Crippen molar-refractivity contribution in [3.8, 4) is 0 Å². The maximum atomic E-state index is 6.50. The van der Waals surface area contributed by atoms with Crippen LogP contribution < -0.4 is 5.73 Å². The molecule has 2 aliphatic rings. The molecule has 0 spiro atoms. The molecule has 2 fully saturated rings. The standard InChI is InChI=1S/C18H36N2/c1-6-18(4,5)15-7-8-16(19)17(11-15)20-10-9-13(2)14(3)12-20/h13-17H,6-12,19H2,1-5H3. The van der Waals surface area contributed by atoms with Crippen LogP contribution in [-0.4, -0.2) is 30.1 Å². The van der Waals surface area contributed by atoms with E-state index in [4.69, 9.17) is 5.73 Å². The van der Waals surface area contributed by atoms with Gasteiger partial charge in [0.05, 0.1) is 0 Å². The number of nitrogens with zero attached hydrogens (tertiary/aromatic N) is 1. The number of hydrogen-bond donors (Lipinski definition) is 1. The summed E-state index contributed by atoms with van der Waals surface area (Å²) in [5.74, 6) is 2.57. The van der Waals surface area contributed by atoms with E-state index < -0.39 is 0 Å². The highest BCUT2D eigenvalue weighted by Crippen LogP contribution is 2.42. The predicted octanol–water partition coefficient (Wildman–Crippen LogP) is 3.90. The fourth-order valence-corrected chi connectivity index (χ4v) is 4.18. The van der Waals surface area contributed by atoms with Gasteiger partial charge in [0.25, 0.3) is 0 Å². The summed E-state index contributed by atoms with van der Waals surface area (Å²) in [5.41, 5.74) is 6.97. The molecule has 5 atom stereocenters. The monoisotopic (exact) mass is 280 g/mol. The van der Waals surface area contributed by atoms with Crippen molar-refractivity contribution in [3.63, 3.8) is 0 Å². The second-order valence-electron chi connectivity index (χ2n) is 8.32. The third-order valence-corrected chi connectivity index (χ3v) is 6.72. The lowest BCUT2D eigenvalue weighted by molar-refractivity contribution is 0.0260. The number of nitrogens with two attached hydrogens (primary N) is 1. The van der Waals surface area contributed by atoms with E-state index in [2.05, 4.69) is 39.5 Å². The maximum Gasteiger partial charge on any atom is 0.0250 e. The fraction of sp³-hybridized carbons (Fsp3) is 1.00. The van der Waals surface area contributed by atoms with Gasteiger partial charge in [0, 0.05) is 18.6 Å². The highest BCUT2D eigenvalue weighted by molar-refractivity contribution is 4.95. The normalized spacial score (nSPS) is 40.8. The first-order chi connectivity index (χ1) is 9.35. The van der Waals surface area contributed by atoms with Crippen molar-refractivity contribution in [1.29, 1.82) is 0 Å². The average Bonchev–Trinajstić information content (AvgIpc) is 2.42. The van der Waals surface area contributed by atoms with Gasteiger partial charge in [0.2, 0.25) is 0 Å². The van der Waals surface area contributed by atoms with Gasteiger partial charge in [-0.05, 0) is 55.4 Å². The second-order valence-corrected chi connectivity index (χ2v) is 8.32. The Kier molecular flexibility index (Phi) is 5.18. The van der Waals surface area contributed by atoms with Crippen LogP contribution in [0.4, 0.5) is 0 Å². The maximum absolute atomic E-state index is 6.50. The van der Waals surface area contributed by atoms with Crippen molar-refractivity contribution >= 4 is 0 Å². The van der Waals surface area contributed by atoms with Crippen molar-refractivity contribution in [2.75, 3.05) is 13.1 Å². The van der Waals surface area contributed by atoms with Gasteiger partial charge in [-0.3, -0.25) is 4.90 Å². The smallest absolute Gasteiger partial charge is 0.0250 e. The molecule has 2 rings (SSSR count). The van der Waals surface area contributed by atoms with Crippen LogP contribution in [0.2, 0.25) is 0 Å².